The van der Waals surface area contributed by atoms with Gasteiger partial charge in [0.15, 0.2) is 0 Å². The van der Waals surface area contributed by atoms with E-state index in [0.29, 0.717) is 18.4 Å². The molecule has 1 amide bonds. The predicted octanol–water partition coefficient (Wildman–Crippen LogP) is 2.33. The van der Waals surface area contributed by atoms with Crippen LogP contribution in [0.5, 0.6) is 0 Å². The second-order valence-electron chi connectivity index (χ2n) is 6.24. The summed E-state index contributed by atoms with van der Waals surface area (Å²) in [5.74, 6) is -2.16. The van der Waals surface area contributed by atoms with Crippen LogP contribution in [0.3, 0.4) is 0 Å². The molecule has 1 N–H and O–H groups in total. The van der Waals surface area contributed by atoms with E-state index in [2.05, 4.69) is 11.4 Å². The Hall–Kier alpha value is -2.63. The quantitative estimate of drug-likeness (QED) is 0.623. The number of nitrogens with one attached hydrogen (secondary N) is 1. The third kappa shape index (κ3) is 3.79. The lowest BCUT2D eigenvalue weighted by Crippen LogP contribution is -2.62. The third-order valence-corrected chi connectivity index (χ3v) is 4.30. The number of esters is 2. The van der Waals surface area contributed by atoms with Gasteiger partial charge in [0, 0.05) is 6.92 Å². The van der Waals surface area contributed by atoms with Gasteiger partial charge >= 0.3 is 11.9 Å². The first-order valence-electron chi connectivity index (χ1n) is 8.78. The van der Waals surface area contributed by atoms with Crippen LogP contribution >= 0.6 is 0 Å². The van der Waals surface area contributed by atoms with Crippen molar-refractivity contribution in [3.8, 4) is 0 Å². The maximum Gasteiger partial charge on any atom is 0.348 e. The van der Waals surface area contributed by atoms with Gasteiger partial charge in [0.2, 0.25) is 5.91 Å². The summed E-state index contributed by atoms with van der Waals surface area (Å²) in [5.41, 5.74) is 1.71. The molecule has 0 bridgehead atoms. The second kappa shape index (κ2) is 8.17. The van der Waals surface area contributed by atoms with Gasteiger partial charge in [-0.1, -0.05) is 29.8 Å². The van der Waals surface area contributed by atoms with Gasteiger partial charge in [-0.2, -0.15) is 0 Å². The van der Waals surface area contributed by atoms with Crippen molar-refractivity contribution < 1.29 is 23.9 Å². The highest BCUT2D eigenvalue weighted by Gasteiger charge is 2.53. The van der Waals surface area contributed by atoms with Gasteiger partial charge in [-0.05, 0) is 50.3 Å². The van der Waals surface area contributed by atoms with Gasteiger partial charge < -0.3 is 14.8 Å². The zero-order valence-electron chi connectivity index (χ0n) is 15.7. The molecule has 0 unspecified atom stereocenters. The zero-order chi connectivity index (χ0) is 19.3. The first-order chi connectivity index (χ1) is 12.3. The molecule has 0 fully saturated rings. The van der Waals surface area contributed by atoms with Gasteiger partial charge in [0.25, 0.3) is 5.54 Å². The lowest BCUT2D eigenvalue weighted by Gasteiger charge is -2.34. The molecule has 1 aromatic rings. The molecule has 0 radical (unpaired) electrons. The molecule has 6 heteroatoms. The smallest absolute Gasteiger partial charge is 0.348 e. The molecule has 1 aliphatic carbocycles. The molecule has 6 nitrogen and oxygen atoms in total. The molecule has 0 heterocycles. The fourth-order valence-corrected chi connectivity index (χ4v) is 3.19. The summed E-state index contributed by atoms with van der Waals surface area (Å²) < 4.78 is 10.3. The van der Waals surface area contributed by atoms with Crippen molar-refractivity contribution in [1.82, 2.24) is 5.32 Å². The predicted molar refractivity (Wildman–Crippen MR) is 97.3 cm³/mol. The first-order valence-corrected chi connectivity index (χ1v) is 8.78. The summed E-state index contributed by atoms with van der Waals surface area (Å²) in [7, 11) is 0. The number of benzene rings is 1. The Balaban J connectivity index is 2.61. The van der Waals surface area contributed by atoms with E-state index in [1.165, 1.54) is 6.92 Å². The van der Waals surface area contributed by atoms with Gasteiger partial charge in [0.05, 0.1) is 13.2 Å². The number of aryl methyl sites for hydroxylation is 2. The Bertz CT molecular complexity index is 733. The van der Waals surface area contributed by atoms with Crippen molar-refractivity contribution in [1.29, 1.82) is 0 Å². The molecule has 2 rings (SSSR count). The van der Waals surface area contributed by atoms with Crippen molar-refractivity contribution in [2.75, 3.05) is 13.2 Å². The molecule has 26 heavy (non-hydrogen) atoms. The van der Waals surface area contributed by atoms with E-state index in [0.717, 1.165) is 16.7 Å². The highest BCUT2D eigenvalue weighted by Crippen LogP contribution is 2.33. The number of rotatable bonds is 6. The molecule has 1 aromatic carbocycles. The van der Waals surface area contributed by atoms with Crippen LogP contribution in [0.25, 0.3) is 6.08 Å². The van der Waals surface area contributed by atoms with Crippen LogP contribution in [0, 0.1) is 6.92 Å². The standard InChI is InChI=1S/C20H25NO5/c1-5-25-18(23)20(21-14(4)22,19(24)26-6-2)17-10-9-15-11-13(3)7-8-16(15)12-17/h7-8,11-12H,5-6,9-10H2,1-4H3,(H,21,22). The van der Waals surface area contributed by atoms with Gasteiger partial charge in [-0.15, -0.1) is 0 Å². The highest BCUT2D eigenvalue weighted by molar-refractivity contribution is 6.12. The average molecular weight is 359 g/mol. The largest absolute Gasteiger partial charge is 0.464 e. The first kappa shape index (κ1) is 19.7. The number of carbonyl (C=O) groups excluding carboxylic acids is 3. The van der Waals surface area contributed by atoms with E-state index in [9.17, 15) is 14.4 Å². The summed E-state index contributed by atoms with van der Waals surface area (Å²) in [6.07, 6.45) is 2.87. The molecule has 140 valence electrons. The SMILES string of the molecule is CCOC(=O)C(NC(C)=O)(C(=O)OCC)C1=Cc2ccc(C)cc2CC1. The van der Waals surface area contributed by atoms with Gasteiger partial charge in [0.1, 0.15) is 0 Å². The van der Waals surface area contributed by atoms with Crippen molar-refractivity contribution in [2.45, 2.75) is 46.1 Å². The minimum atomic E-state index is -1.96. The van der Waals surface area contributed by atoms with Gasteiger partial charge in [-0.3, -0.25) is 4.79 Å². The molecule has 1 aliphatic rings. The van der Waals surface area contributed by atoms with E-state index >= 15 is 0 Å². The van der Waals surface area contributed by atoms with E-state index in [1.807, 2.05) is 19.1 Å². The Morgan fingerprint density at radius 2 is 1.69 bits per heavy atom. The number of hydrogen-bond donors (Lipinski definition) is 1. The zero-order valence-corrected chi connectivity index (χ0v) is 15.7. The molecule has 0 aliphatic heterocycles. The van der Waals surface area contributed by atoms with Crippen LogP contribution in [-0.4, -0.2) is 36.6 Å². The minimum Gasteiger partial charge on any atom is -0.464 e. The van der Waals surface area contributed by atoms with E-state index in [-0.39, 0.29) is 13.2 Å². The Labute approximate surface area is 153 Å². The van der Waals surface area contributed by atoms with Crippen molar-refractivity contribution in [3.63, 3.8) is 0 Å². The lowest BCUT2D eigenvalue weighted by molar-refractivity contribution is -0.165. The fraction of sp³-hybridized carbons (Fsp3) is 0.450. The summed E-state index contributed by atoms with van der Waals surface area (Å²) >= 11 is 0. The summed E-state index contributed by atoms with van der Waals surface area (Å²) in [4.78, 5) is 37.5. The van der Waals surface area contributed by atoms with E-state index in [1.54, 1.807) is 19.9 Å². The lowest BCUT2D eigenvalue weighted by atomic mass is 9.80. The topological polar surface area (TPSA) is 81.7 Å². The van der Waals surface area contributed by atoms with Crippen LogP contribution in [-0.2, 0) is 30.3 Å². The number of carbonyl (C=O) groups is 3. The normalized spacial score (nSPS) is 13.3. The number of amides is 1. The van der Waals surface area contributed by atoms with Crippen LogP contribution in [0.2, 0.25) is 0 Å². The van der Waals surface area contributed by atoms with Crippen molar-refractivity contribution in [3.05, 3.63) is 40.5 Å². The number of ether oxygens (including phenoxy) is 2. The minimum absolute atomic E-state index is 0.0859. The maximum atomic E-state index is 12.8. The van der Waals surface area contributed by atoms with Crippen LogP contribution in [0.15, 0.2) is 23.8 Å². The molecule has 0 spiro atoms. The molecule has 0 saturated heterocycles. The van der Waals surface area contributed by atoms with Crippen LogP contribution in [0.1, 0.15) is 43.9 Å². The average Bonchev–Trinajstić information content (AvgIpc) is 2.59. The van der Waals surface area contributed by atoms with Gasteiger partial charge in [-0.25, -0.2) is 9.59 Å². The van der Waals surface area contributed by atoms with E-state index in [4.69, 9.17) is 9.47 Å². The summed E-state index contributed by atoms with van der Waals surface area (Å²) in [6, 6.07) is 5.99. The van der Waals surface area contributed by atoms with Crippen molar-refractivity contribution in [2.24, 2.45) is 0 Å². The third-order valence-electron chi connectivity index (χ3n) is 4.30. The van der Waals surface area contributed by atoms with Crippen LogP contribution in [0.4, 0.5) is 0 Å². The number of hydrogen-bond acceptors (Lipinski definition) is 5. The Morgan fingerprint density at radius 1 is 1.08 bits per heavy atom. The molecule has 0 saturated carbocycles. The van der Waals surface area contributed by atoms with E-state index < -0.39 is 23.4 Å². The number of fused-ring (bicyclic) bond motifs is 1. The Morgan fingerprint density at radius 3 is 2.23 bits per heavy atom. The molecule has 0 atom stereocenters. The fourth-order valence-electron chi connectivity index (χ4n) is 3.19. The Kier molecular flexibility index (Phi) is 6.18. The summed E-state index contributed by atoms with van der Waals surface area (Å²) in [5, 5.41) is 2.52. The molecular formula is C20H25NO5. The maximum absolute atomic E-state index is 12.8. The van der Waals surface area contributed by atoms with Crippen LogP contribution < -0.4 is 5.32 Å². The monoisotopic (exact) mass is 359 g/mol. The second-order valence-corrected chi connectivity index (χ2v) is 6.24. The molecular weight excluding hydrogens is 334 g/mol. The summed E-state index contributed by atoms with van der Waals surface area (Å²) in [6.45, 7) is 6.74. The highest BCUT2D eigenvalue weighted by atomic mass is 16.6. The molecule has 0 aromatic heterocycles. The van der Waals surface area contributed by atoms with Crippen molar-refractivity contribution >= 4 is 23.9 Å².